The fourth-order valence-electron chi connectivity index (χ4n) is 2.21. The van der Waals surface area contributed by atoms with Gasteiger partial charge in [-0.1, -0.05) is 23.9 Å². The van der Waals surface area contributed by atoms with Crippen LogP contribution in [0, 0.1) is 5.82 Å². The Morgan fingerprint density at radius 1 is 1.23 bits per heavy atom. The minimum atomic E-state index is -0.227. The van der Waals surface area contributed by atoms with E-state index in [1.54, 1.807) is 35.2 Å². The second kappa shape index (κ2) is 6.18. The zero-order chi connectivity index (χ0) is 15.7. The number of aromatic nitrogens is 3. The van der Waals surface area contributed by atoms with Crippen molar-refractivity contribution in [1.29, 1.82) is 0 Å². The Morgan fingerprint density at radius 3 is 2.64 bits per heavy atom. The first-order valence-corrected chi connectivity index (χ1v) is 8.78. The first-order valence-electron chi connectivity index (χ1n) is 6.74. The summed E-state index contributed by atoms with van der Waals surface area (Å²) in [4.78, 5) is 15.2. The van der Waals surface area contributed by atoms with Gasteiger partial charge in [-0.25, -0.2) is 19.3 Å². The molecule has 0 fully saturated rings. The Balaban J connectivity index is 1.99. The van der Waals surface area contributed by atoms with Crippen molar-refractivity contribution in [2.45, 2.75) is 17.3 Å². The van der Waals surface area contributed by atoms with Crippen LogP contribution in [0.3, 0.4) is 0 Å². The van der Waals surface area contributed by atoms with Crippen LogP contribution in [0.15, 0.2) is 34.9 Å². The SMILES string of the molecule is CSc1nc2ncnc(N(C)C(C)c3ccc(F)cc3)c2s1. The molecule has 1 atom stereocenters. The highest BCUT2D eigenvalue weighted by Gasteiger charge is 2.18. The van der Waals surface area contributed by atoms with Gasteiger partial charge < -0.3 is 4.90 Å². The van der Waals surface area contributed by atoms with E-state index >= 15 is 0 Å². The Labute approximate surface area is 136 Å². The summed E-state index contributed by atoms with van der Waals surface area (Å²) < 4.78 is 15.0. The van der Waals surface area contributed by atoms with E-state index < -0.39 is 0 Å². The molecule has 1 unspecified atom stereocenters. The van der Waals surface area contributed by atoms with Gasteiger partial charge in [0.1, 0.15) is 16.8 Å². The Kier molecular flexibility index (Phi) is 4.26. The van der Waals surface area contributed by atoms with Crippen LogP contribution in [0.4, 0.5) is 10.2 Å². The van der Waals surface area contributed by atoms with Crippen LogP contribution < -0.4 is 4.90 Å². The van der Waals surface area contributed by atoms with Gasteiger partial charge >= 0.3 is 0 Å². The maximum atomic E-state index is 13.1. The lowest BCUT2D eigenvalue weighted by Crippen LogP contribution is -2.22. The van der Waals surface area contributed by atoms with Crippen LogP contribution in [0.5, 0.6) is 0 Å². The third-order valence-corrected chi connectivity index (χ3v) is 5.62. The van der Waals surface area contributed by atoms with Crippen molar-refractivity contribution in [2.24, 2.45) is 0 Å². The number of anilines is 1. The van der Waals surface area contributed by atoms with E-state index in [-0.39, 0.29) is 11.9 Å². The smallest absolute Gasteiger partial charge is 0.176 e. The van der Waals surface area contributed by atoms with Crippen LogP contribution in [0.25, 0.3) is 10.3 Å². The lowest BCUT2D eigenvalue weighted by Gasteiger charge is -2.26. The standard InChI is InChI=1S/C15H15FN4S2/c1-9(10-4-6-11(16)7-5-10)20(2)14-12-13(17-8-18-14)19-15(21-3)22-12/h4-9H,1-3H3. The number of thioether (sulfide) groups is 1. The summed E-state index contributed by atoms with van der Waals surface area (Å²) in [6.07, 6.45) is 3.53. The molecule has 0 aliphatic rings. The van der Waals surface area contributed by atoms with Gasteiger partial charge in [0.2, 0.25) is 0 Å². The lowest BCUT2D eigenvalue weighted by molar-refractivity contribution is 0.625. The molecule has 0 saturated carbocycles. The largest absolute Gasteiger partial charge is 0.352 e. The molecular formula is C15H15FN4S2. The predicted octanol–water partition coefficient (Wildman–Crippen LogP) is 4.14. The summed E-state index contributed by atoms with van der Waals surface area (Å²) in [5.74, 6) is 0.620. The zero-order valence-electron chi connectivity index (χ0n) is 12.4. The molecule has 0 aliphatic heterocycles. The zero-order valence-corrected chi connectivity index (χ0v) is 14.1. The number of rotatable bonds is 4. The van der Waals surface area contributed by atoms with Crippen molar-refractivity contribution in [1.82, 2.24) is 15.0 Å². The lowest BCUT2D eigenvalue weighted by atomic mass is 10.1. The highest BCUT2D eigenvalue weighted by molar-refractivity contribution is 8.00. The van der Waals surface area contributed by atoms with Crippen molar-refractivity contribution >= 4 is 39.3 Å². The second-order valence-corrected chi connectivity index (χ2v) is 6.92. The molecule has 3 aromatic rings. The molecule has 0 spiro atoms. The van der Waals surface area contributed by atoms with Crippen LogP contribution in [0.1, 0.15) is 18.5 Å². The quantitative estimate of drug-likeness (QED) is 0.671. The molecule has 2 heterocycles. The highest BCUT2D eigenvalue weighted by atomic mass is 32.2. The van der Waals surface area contributed by atoms with Crippen molar-refractivity contribution in [3.63, 3.8) is 0 Å². The van der Waals surface area contributed by atoms with E-state index in [2.05, 4.69) is 26.8 Å². The molecule has 3 rings (SSSR count). The van der Waals surface area contributed by atoms with E-state index in [9.17, 15) is 4.39 Å². The van der Waals surface area contributed by atoms with Gasteiger partial charge in [-0.15, -0.1) is 11.3 Å². The molecule has 0 N–H and O–H groups in total. The normalized spacial score (nSPS) is 12.5. The molecule has 0 aliphatic carbocycles. The Hall–Kier alpha value is -1.73. The summed E-state index contributed by atoms with van der Waals surface area (Å²) in [5, 5.41) is 0. The Bertz CT molecular complexity index is 788. The Morgan fingerprint density at radius 2 is 1.95 bits per heavy atom. The van der Waals surface area contributed by atoms with E-state index in [0.717, 1.165) is 26.1 Å². The van der Waals surface area contributed by atoms with Crippen molar-refractivity contribution < 1.29 is 4.39 Å². The topological polar surface area (TPSA) is 41.9 Å². The van der Waals surface area contributed by atoms with Crippen LogP contribution in [-0.4, -0.2) is 28.3 Å². The van der Waals surface area contributed by atoms with Crippen LogP contribution in [-0.2, 0) is 0 Å². The van der Waals surface area contributed by atoms with Crippen LogP contribution >= 0.6 is 23.1 Å². The summed E-state index contributed by atoms with van der Waals surface area (Å²) in [5.41, 5.74) is 1.75. The minimum absolute atomic E-state index is 0.0681. The van der Waals surface area contributed by atoms with Gasteiger partial charge in [-0.2, -0.15) is 0 Å². The fourth-order valence-corrected chi connectivity index (χ4v) is 3.76. The monoisotopic (exact) mass is 334 g/mol. The molecule has 114 valence electrons. The number of hydrogen-bond acceptors (Lipinski definition) is 6. The molecule has 0 radical (unpaired) electrons. The van der Waals surface area contributed by atoms with Gasteiger partial charge in [0.15, 0.2) is 15.8 Å². The van der Waals surface area contributed by atoms with Crippen molar-refractivity contribution in [3.05, 3.63) is 42.0 Å². The van der Waals surface area contributed by atoms with Crippen LogP contribution in [0.2, 0.25) is 0 Å². The molecule has 22 heavy (non-hydrogen) atoms. The van der Waals surface area contributed by atoms with Gasteiger partial charge in [0.05, 0.1) is 6.04 Å². The molecule has 0 bridgehead atoms. The van der Waals surface area contributed by atoms with Crippen molar-refractivity contribution in [2.75, 3.05) is 18.2 Å². The molecule has 0 saturated heterocycles. The van der Waals surface area contributed by atoms with Gasteiger partial charge in [-0.05, 0) is 30.9 Å². The minimum Gasteiger partial charge on any atom is -0.352 e. The highest BCUT2D eigenvalue weighted by Crippen LogP contribution is 2.35. The summed E-state index contributed by atoms with van der Waals surface area (Å²) in [7, 11) is 1.98. The predicted molar refractivity (Wildman–Crippen MR) is 90.2 cm³/mol. The first kappa shape index (κ1) is 15.2. The number of hydrogen-bond donors (Lipinski definition) is 0. The number of halogens is 1. The molecular weight excluding hydrogens is 319 g/mol. The third-order valence-electron chi connectivity index (χ3n) is 3.59. The third kappa shape index (κ3) is 2.78. The second-order valence-electron chi connectivity index (χ2n) is 4.87. The molecule has 7 heteroatoms. The average Bonchev–Trinajstić information content (AvgIpc) is 2.97. The average molecular weight is 334 g/mol. The molecule has 4 nitrogen and oxygen atoms in total. The number of fused-ring (bicyclic) bond motifs is 1. The van der Waals surface area contributed by atoms with Gasteiger partial charge in [0, 0.05) is 7.05 Å². The maximum Gasteiger partial charge on any atom is 0.176 e. The number of thiazole rings is 1. The number of nitrogens with zero attached hydrogens (tertiary/aromatic N) is 4. The maximum absolute atomic E-state index is 13.1. The fraction of sp³-hybridized carbons (Fsp3) is 0.267. The number of benzene rings is 1. The van der Waals surface area contributed by atoms with Gasteiger partial charge in [0.25, 0.3) is 0 Å². The van der Waals surface area contributed by atoms with E-state index in [1.165, 1.54) is 18.5 Å². The molecule has 2 aromatic heterocycles. The van der Waals surface area contributed by atoms with Crippen molar-refractivity contribution in [3.8, 4) is 0 Å². The van der Waals surface area contributed by atoms with Gasteiger partial charge in [-0.3, -0.25) is 0 Å². The molecule has 1 aromatic carbocycles. The summed E-state index contributed by atoms with van der Waals surface area (Å²) in [6.45, 7) is 2.07. The van der Waals surface area contributed by atoms with E-state index in [1.807, 2.05) is 13.3 Å². The van der Waals surface area contributed by atoms with E-state index in [0.29, 0.717) is 0 Å². The molecule has 0 amide bonds. The summed E-state index contributed by atoms with van der Waals surface area (Å²) >= 11 is 3.19. The first-order chi connectivity index (χ1) is 10.6. The van der Waals surface area contributed by atoms with E-state index in [4.69, 9.17) is 0 Å². The summed E-state index contributed by atoms with van der Waals surface area (Å²) in [6, 6.07) is 6.63.